The molecule has 1 N–H and O–H groups in total. The third-order valence-corrected chi connectivity index (χ3v) is 3.33. The Hall–Kier alpha value is -2.11. The van der Waals surface area contributed by atoms with E-state index < -0.39 is 11.0 Å². The van der Waals surface area contributed by atoms with E-state index >= 15 is 0 Å². The maximum atomic E-state index is 11.1. The van der Waals surface area contributed by atoms with Crippen molar-refractivity contribution < 1.29 is 14.8 Å². The van der Waals surface area contributed by atoms with Crippen molar-refractivity contribution in [1.29, 1.82) is 0 Å². The number of halogens is 1. The molecular formula is C15H14ClNO4. The first-order valence-corrected chi connectivity index (χ1v) is 6.67. The Kier molecular flexibility index (Phi) is 4.45. The molecule has 5 nitrogen and oxygen atoms in total. The molecule has 21 heavy (non-hydrogen) atoms. The summed E-state index contributed by atoms with van der Waals surface area (Å²) in [7, 11) is 0. The van der Waals surface area contributed by atoms with Gasteiger partial charge in [-0.25, -0.2) is 0 Å². The molecule has 2 aromatic carbocycles. The molecule has 0 saturated carbocycles. The number of benzene rings is 2. The third-order valence-electron chi connectivity index (χ3n) is 3.04. The molecule has 0 radical (unpaired) electrons. The van der Waals surface area contributed by atoms with Crippen molar-refractivity contribution in [1.82, 2.24) is 0 Å². The smallest absolute Gasteiger partial charge is 0.311 e. The van der Waals surface area contributed by atoms with E-state index in [1.807, 2.05) is 0 Å². The van der Waals surface area contributed by atoms with E-state index in [-0.39, 0.29) is 16.5 Å². The molecule has 0 aromatic heterocycles. The van der Waals surface area contributed by atoms with Crippen LogP contribution in [0.4, 0.5) is 5.69 Å². The summed E-state index contributed by atoms with van der Waals surface area (Å²) in [5, 5.41) is 20.8. The van der Waals surface area contributed by atoms with Crippen LogP contribution >= 0.6 is 11.6 Å². The molecule has 0 fully saturated rings. The summed E-state index contributed by atoms with van der Waals surface area (Å²) in [6, 6.07) is 9.52. The normalized spacial score (nSPS) is 12.0. The van der Waals surface area contributed by atoms with Crippen LogP contribution in [-0.2, 0) is 0 Å². The molecule has 0 aliphatic rings. The number of hydrogen-bond donors (Lipinski definition) is 1. The van der Waals surface area contributed by atoms with Crippen molar-refractivity contribution in [3.63, 3.8) is 0 Å². The van der Waals surface area contributed by atoms with E-state index in [0.29, 0.717) is 16.9 Å². The first-order chi connectivity index (χ1) is 9.90. The molecule has 0 aliphatic carbocycles. The van der Waals surface area contributed by atoms with Crippen molar-refractivity contribution in [3.8, 4) is 11.5 Å². The molecule has 110 valence electrons. The number of nitrogens with zero attached hydrogens (tertiary/aromatic N) is 1. The second-order valence-electron chi connectivity index (χ2n) is 4.65. The molecule has 0 amide bonds. The first kappa shape index (κ1) is 15.3. The lowest BCUT2D eigenvalue weighted by atomic mass is 10.1. The molecule has 0 aliphatic heterocycles. The van der Waals surface area contributed by atoms with Crippen LogP contribution in [0.2, 0.25) is 5.02 Å². The van der Waals surface area contributed by atoms with Gasteiger partial charge in [-0.2, -0.15) is 0 Å². The van der Waals surface area contributed by atoms with Gasteiger partial charge in [0.2, 0.25) is 5.75 Å². The minimum absolute atomic E-state index is 0.120. The molecular weight excluding hydrogens is 294 g/mol. The van der Waals surface area contributed by atoms with Crippen molar-refractivity contribution in [3.05, 3.63) is 62.7 Å². The summed E-state index contributed by atoms with van der Waals surface area (Å²) in [5.74, 6) is 0.465. The van der Waals surface area contributed by atoms with Gasteiger partial charge in [-0.3, -0.25) is 10.1 Å². The van der Waals surface area contributed by atoms with Gasteiger partial charge >= 0.3 is 5.69 Å². The van der Waals surface area contributed by atoms with Crippen LogP contribution in [0.1, 0.15) is 24.2 Å². The summed E-state index contributed by atoms with van der Waals surface area (Å²) in [4.78, 5) is 10.6. The van der Waals surface area contributed by atoms with Gasteiger partial charge in [-0.05, 0) is 37.1 Å². The monoisotopic (exact) mass is 307 g/mol. The number of aliphatic hydroxyl groups is 1. The highest BCUT2D eigenvalue weighted by Crippen LogP contribution is 2.37. The van der Waals surface area contributed by atoms with Gasteiger partial charge in [0.1, 0.15) is 5.75 Å². The van der Waals surface area contributed by atoms with Gasteiger partial charge in [0.15, 0.2) is 0 Å². The second-order valence-corrected chi connectivity index (χ2v) is 5.06. The highest BCUT2D eigenvalue weighted by atomic mass is 35.5. The fourth-order valence-corrected chi connectivity index (χ4v) is 2.11. The molecule has 0 saturated heterocycles. The fraction of sp³-hybridized carbons (Fsp3) is 0.200. The summed E-state index contributed by atoms with van der Waals surface area (Å²) < 4.78 is 5.61. The first-order valence-electron chi connectivity index (χ1n) is 6.29. The average Bonchev–Trinajstić information content (AvgIpc) is 2.42. The zero-order valence-corrected chi connectivity index (χ0v) is 12.3. The van der Waals surface area contributed by atoms with Crippen LogP contribution in [0.15, 0.2) is 36.4 Å². The lowest BCUT2D eigenvalue weighted by Gasteiger charge is -2.12. The maximum Gasteiger partial charge on any atom is 0.311 e. The molecule has 0 spiro atoms. The van der Waals surface area contributed by atoms with Crippen LogP contribution < -0.4 is 4.74 Å². The number of nitro benzene ring substituents is 1. The van der Waals surface area contributed by atoms with E-state index in [0.717, 1.165) is 0 Å². The van der Waals surface area contributed by atoms with E-state index in [9.17, 15) is 15.2 Å². The van der Waals surface area contributed by atoms with E-state index in [4.69, 9.17) is 16.3 Å². The second kappa shape index (κ2) is 6.11. The zero-order chi connectivity index (χ0) is 15.6. The SMILES string of the molecule is Cc1cccc([N+](=O)[O-])c1Oc1ccc([C@@H](C)O)cc1Cl. The molecule has 1 atom stereocenters. The van der Waals surface area contributed by atoms with Gasteiger partial charge in [0.05, 0.1) is 16.0 Å². The fourth-order valence-electron chi connectivity index (χ4n) is 1.88. The predicted octanol–water partition coefficient (Wildman–Crippen LogP) is 4.40. The number of aryl methyl sites for hydroxylation is 1. The molecule has 0 unspecified atom stereocenters. The van der Waals surface area contributed by atoms with Crippen molar-refractivity contribution in [2.24, 2.45) is 0 Å². The molecule has 2 aromatic rings. The minimum Gasteiger partial charge on any atom is -0.448 e. The Bertz CT molecular complexity index is 685. The lowest BCUT2D eigenvalue weighted by molar-refractivity contribution is -0.385. The highest BCUT2D eigenvalue weighted by Gasteiger charge is 2.19. The Morgan fingerprint density at radius 3 is 2.62 bits per heavy atom. The Balaban J connectivity index is 2.41. The topological polar surface area (TPSA) is 72.6 Å². The standard InChI is InChI=1S/C15H14ClNO4/c1-9-4-3-5-13(17(19)20)15(9)21-14-7-6-11(10(2)18)8-12(14)16/h3-8,10,18H,1-2H3/t10-/m1/s1. The van der Waals surface area contributed by atoms with Gasteiger partial charge < -0.3 is 9.84 Å². The van der Waals surface area contributed by atoms with Crippen molar-refractivity contribution >= 4 is 17.3 Å². The summed E-state index contributed by atoms with van der Waals surface area (Å²) in [5.41, 5.74) is 1.16. The van der Waals surface area contributed by atoms with E-state index in [1.54, 1.807) is 44.2 Å². The van der Waals surface area contributed by atoms with E-state index in [1.165, 1.54) is 6.07 Å². The predicted molar refractivity (Wildman–Crippen MR) is 80.0 cm³/mol. The van der Waals surface area contributed by atoms with Crippen molar-refractivity contribution in [2.45, 2.75) is 20.0 Å². The number of nitro groups is 1. The van der Waals surface area contributed by atoms with Crippen LogP contribution in [-0.4, -0.2) is 10.0 Å². The number of hydrogen-bond acceptors (Lipinski definition) is 4. The summed E-state index contributed by atoms with van der Waals surface area (Å²) >= 11 is 6.10. The van der Waals surface area contributed by atoms with Crippen LogP contribution in [0.25, 0.3) is 0 Å². The van der Waals surface area contributed by atoms with Gasteiger partial charge in [-0.15, -0.1) is 0 Å². The number of rotatable bonds is 4. The zero-order valence-electron chi connectivity index (χ0n) is 11.5. The van der Waals surface area contributed by atoms with Gasteiger partial charge in [0, 0.05) is 6.07 Å². The van der Waals surface area contributed by atoms with E-state index in [2.05, 4.69) is 0 Å². The number of para-hydroxylation sites is 1. The Morgan fingerprint density at radius 1 is 1.33 bits per heavy atom. The largest absolute Gasteiger partial charge is 0.448 e. The minimum atomic E-state index is -0.649. The Morgan fingerprint density at radius 2 is 2.05 bits per heavy atom. The Labute approximate surface area is 126 Å². The lowest BCUT2D eigenvalue weighted by Crippen LogP contribution is -1.97. The van der Waals surface area contributed by atoms with Crippen LogP contribution in [0, 0.1) is 17.0 Å². The summed E-state index contributed by atoms with van der Waals surface area (Å²) in [6.07, 6.45) is -0.649. The van der Waals surface area contributed by atoms with Gasteiger partial charge in [0.25, 0.3) is 0 Å². The maximum absolute atomic E-state index is 11.1. The third kappa shape index (κ3) is 3.32. The van der Waals surface area contributed by atoms with Crippen LogP contribution in [0.3, 0.4) is 0 Å². The number of aliphatic hydroxyl groups excluding tert-OH is 1. The van der Waals surface area contributed by atoms with Crippen LogP contribution in [0.5, 0.6) is 11.5 Å². The highest BCUT2D eigenvalue weighted by molar-refractivity contribution is 6.32. The van der Waals surface area contributed by atoms with Crippen molar-refractivity contribution in [2.75, 3.05) is 0 Å². The summed E-state index contributed by atoms with van der Waals surface area (Å²) in [6.45, 7) is 3.35. The quantitative estimate of drug-likeness (QED) is 0.671. The van der Waals surface area contributed by atoms with Gasteiger partial charge in [-0.1, -0.05) is 29.8 Å². The molecule has 6 heteroatoms. The molecule has 2 rings (SSSR count). The molecule has 0 bridgehead atoms. The average molecular weight is 308 g/mol. The number of ether oxygens (including phenoxy) is 1. The molecule has 0 heterocycles.